The van der Waals surface area contributed by atoms with Crippen molar-refractivity contribution in [3.8, 4) is 0 Å². The van der Waals surface area contributed by atoms with E-state index >= 15 is 0 Å². The van der Waals surface area contributed by atoms with Gasteiger partial charge in [-0.1, -0.05) is 11.6 Å². The molecule has 0 radical (unpaired) electrons. The molecule has 0 saturated heterocycles. The Morgan fingerprint density at radius 3 is 2.95 bits per heavy atom. The Kier molecular flexibility index (Phi) is 5.15. The molecule has 0 atom stereocenters. The fourth-order valence-electron chi connectivity index (χ4n) is 1.38. The quantitative estimate of drug-likeness (QED) is 0.794. The maximum Gasteiger partial charge on any atom is 0.321 e. The van der Waals surface area contributed by atoms with Gasteiger partial charge in [0.25, 0.3) is 0 Å². The summed E-state index contributed by atoms with van der Waals surface area (Å²) in [6.07, 6.45) is 0. The summed E-state index contributed by atoms with van der Waals surface area (Å²) in [7, 11) is 1.85. The molecule has 0 fully saturated rings. The molecule has 19 heavy (non-hydrogen) atoms. The third-order valence-corrected chi connectivity index (χ3v) is 4.22. The summed E-state index contributed by atoms with van der Waals surface area (Å²) in [5.41, 5.74) is 0.910. The third-order valence-electron chi connectivity index (χ3n) is 2.18. The molecule has 2 aromatic rings. The highest BCUT2D eigenvalue weighted by atomic mass is 35.5. The third kappa shape index (κ3) is 4.46. The van der Waals surface area contributed by atoms with Crippen molar-refractivity contribution in [2.75, 3.05) is 12.4 Å². The van der Waals surface area contributed by atoms with Crippen LogP contribution in [0.5, 0.6) is 0 Å². The Hall–Kier alpha value is -1.15. The molecule has 0 spiro atoms. The minimum absolute atomic E-state index is 0.269. The van der Waals surface area contributed by atoms with Gasteiger partial charge in [-0.2, -0.15) is 0 Å². The van der Waals surface area contributed by atoms with E-state index in [4.69, 9.17) is 11.6 Å². The number of anilines is 1. The standard InChI is InChI=1S/C11H13ClN4OS2/c1-13-4-7-6-18-11(15-7)16-10(17)14-5-8-2-3-9(12)19-8/h2-3,6,13H,4-5H2,1H3,(H2,14,15,16,17). The number of rotatable bonds is 5. The lowest BCUT2D eigenvalue weighted by Crippen LogP contribution is -2.27. The van der Waals surface area contributed by atoms with Gasteiger partial charge in [-0.3, -0.25) is 5.32 Å². The molecule has 0 saturated carbocycles. The summed E-state index contributed by atoms with van der Waals surface area (Å²) < 4.78 is 0.717. The Morgan fingerprint density at radius 2 is 2.26 bits per heavy atom. The average Bonchev–Trinajstić information content (AvgIpc) is 2.97. The Balaban J connectivity index is 1.80. The first-order valence-corrected chi connectivity index (χ1v) is 7.63. The van der Waals surface area contributed by atoms with E-state index in [9.17, 15) is 4.79 Å². The van der Waals surface area contributed by atoms with Crippen LogP contribution in [-0.4, -0.2) is 18.1 Å². The first-order valence-electron chi connectivity index (χ1n) is 5.55. The number of nitrogens with zero attached hydrogens (tertiary/aromatic N) is 1. The molecule has 8 heteroatoms. The fourth-order valence-corrected chi connectivity index (χ4v) is 3.11. The summed E-state index contributed by atoms with van der Waals surface area (Å²) in [4.78, 5) is 16.9. The zero-order valence-electron chi connectivity index (χ0n) is 10.2. The summed E-state index contributed by atoms with van der Waals surface area (Å²) in [5.74, 6) is 0. The van der Waals surface area contributed by atoms with Gasteiger partial charge < -0.3 is 10.6 Å². The number of aromatic nitrogens is 1. The van der Waals surface area contributed by atoms with Crippen molar-refractivity contribution in [2.24, 2.45) is 0 Å². The minimum atomic E-state index is -0.269. The van der Waals surface area contributed by atoms with Crippen molar-refractivity contribution >= 4 is 45.4 Å². The van der Waals surface area contributed by atoms with E-state index < -0.39 is 0 Å². The lowest BCUT2D eigenvalue weighted by atomic mass is 10.5. The average molecular weight is 317 g/mol. The highest BCUT2D eigenvalue weighted by molar-refractivity contribution is 7.16. The summed E-state index contributed by atoms with van der Waals surface area (Å²) in [5, 5.41) is 11.0. The smallest absolute Gasteiger partial charge is 0.321 e. The van der Waals surface area contributed by atoms with Crippen molar-refractivity contribution < 1.29 is 4.79 Å². The van der Waals surface area contributed by atoms with Gasteiger partial charge >= 0.3 is 6.03 Å². The molecule has 0 aliphatic carbocycles. The van der Waals surface area contributed by atoms with Crippen molar-refractivity contribution in [2.45, 2.75) is 13.1 Å². The summed E-state index contributed by atoms with van der Waals surface area (Å²) >= 11 is 8.66. The van der Waals surface area contributed by atoms with E-state index in [1.165, 1.54) is 22.7 Å². The molecule has 0 unspecified atom stereocenters. The minimum Gasteiger partial charge on any atom is -0.333 e. The number of carbonyl (C=O) groups is 1. The monoisotopic (exact) mass is 316 g/mol. The second kappa shape index (κ2) is 6.85. The lowest BCUT2D eigenvalue weighted by Gasteiger charge is -2.03. The van der Waals surface area contributed by atoms with Gasteiger partial charge in [0, 0.05) is 16.8 Å². The van der Waals surface area contributed by atoms with Crippen LogP contribution in [0, 0.1) is 0 Å². The van der Waals surface area contributed by atoms with E-state index in [2.05, 4.69) is 20.9 Å². The molecule has 2 rings (SSSR count). The predicted molar refractivity (Wildman–Crippen MR) is 80.1 cm³/mol. The molecule has 2 aromatic heterocycles. The highest BCUT2D eigenvalue weighted by Gasteiger charge is 2.06. The maximum atomic E-state index is 11.7. The van der Waals surface area contributed by atoms with Crippen molar-refractivity contribution in [1.82, 2.24) is 15.6 Å². The summed E-state index contributed by atoms with van der Waals surface area (Å²) in [6.45, 7) is 1.14. The topological polar surface area (TPSA) is 66.0 Å². The molecule has 0 aromatic carbocycles. The number of amides is 2. The van der Waals surface area contributed by atoms with Gasteiger partial charge in [-0.05, 0) is 19.2 Å². The molecule has 2 amide bonds. The maximum absolute atomic E-state index is 11.7. The number of nitrogens with one attached hydrogen (secondary N) is 3. The van der Waals surface area contributed by atoms with E-state index in [1.54, 1.807) is 0 Å². The van der Waals surface area contributed by atoms with Crippen molar-refractivity contribution in [1.29, 1.82) is 0 Å². The lowest BCUT2D eigenvalue weighted by molar-refractivity contribution is 0.252. The van der Waals surface area contributed by atoms with E-state index in [1.807, 2.05) is 24.6 Å². The second-order valence-corrected chi connectivity index (χ2v) is 6.35. The molecule has 5 nitrogen and oxygen atoms in total. The first kappa shape index (κ1) is 14.3. The Labute approximate surface area is 124 Å². The van der Waals surface area contributed by atoms with Gasteiger partial charge in [0.05, 0.1) is 16.6 Å². The van der Waals surface area contributed by atoms with Crippen LogP contribution in [0.1, 0.15) is 10.6 Å². The van der Waals surface area contributed by atoms with Crippen molar-refractivity contribution in [3.05, 3.63) is 32.4 Å². The molecule has 0 bridgehead atoms. The molecule has 0 aliphatic heterocycles. The fraction of sp³-hybridized carbons (Fsp3) is 0.273. The second-order valence-electron chi connectivity index (χ2n) is 3.69. The number of urea groups is 1. The molecular formula is C11H13ClN4OS2. The van der Waals surface area contributed by atoms with E-state index in [0.717, 1.165) is 10.6 Å². The van der Waals surface area contributed by atoms with Crippen LogP contribution in [0.2, 0.25) is 4.34 Å². The highest BCUT2D eigenvalue weighted by Crippen LogP contribution is 2.21. The molecule has 102 valence electrons. The number of hydrogen-bond acceptors (Lipinski definition) is 5. The summed E-state index contributed by atoms with van der Waals surface area (Å²) in [6, 6.07) is 3.43. The molecule has 0 aliphatic rings. The van der Waals surface area contributed by atoms with Crippen LogP contribution in [0.4, 0.5) is 9.93 Å². The number of thiazole rings is 1. The van der Waals surface area contributed by atoms with Crippen LogP contribution < -0.4 is 16.0 Å². The predicted octanol–water partition coefficient (Wildman–Crippen LogP) is 2.90. The van der Waals surface area contributed by atoms with Crippen molar-refractivity contribution in [3.63, 3.8) is 0 Å². The normalized spacial score (nSPS) is 10.4. The zero-order valence-corrected chi connectivity index (χ0v) is 12.6. The number of hydrogen-bond donors (Lipinski definition) is 3. The van der Waals surface area contributed by atoms with Gasteiger partial charge in [0.1, 0.15) is 0 Å². The molecule has 2 heterocycles. The molecular weight excluding hydrogens is 304 g/mol. The SMILES string of the molecule is CNCc1csc(NC(=O)NCc2ccc(Cl)s2)n1. The largest absolute Gasteiger partial charge is 0.333 e. The Bertz CT molecular complexity index is 554. The number of halogens is 1. The Morgan fingerprint density at radius 1 is 1.42 bits per heavy atom. The van der Waals surface area contributed by atoms with Crippen LogP contribution >= 0.6 is 34.3 Å². The van der Waals surface area contributed by atoms with Gasteiger partial charge in [-0.15, -0.1) is 22.7 Å². The first-order chi connectivity index (χ1) is 9.17. The van der Waals surface area contributed by atoms with Crippen LogP contribution in [-0.2, 0) is 13.1 Å². The number of carbonyl (C=O) groups excluding carboxylic acids is 1. The number of thiophene rings is 1. The van der Waals surface area contributed by atoms with Crippen LogP contribution in [0.25, 0.3) is 0 Å². The zero-order chi connectivity index (χ0) is 13.7. The van der Waals surface area contributed by atoms with Gasteiger partial charge in [0.2, 0.25) is 0 Å². The van der Waals surface area contributed by atoms with Crippen LogP contribution in [0.3, 0.4) is 0 Å². The molecule has 3 N–H and O–H groups in total. The van der Waals surface area contributed by atoms with Gasteiger partial charge in [0.15, 0.2) is 5.13 Å². The van der Waals surface area contributed by atoms with Gasteiger partial charge in [-0.25, -0.2) is 9.78 Å². The van der Waals surface area contributed by atoms with E-state index in [-0.39, 0.29) is 6.03 Å². The van der Waals surface area contributed by atoms with E-state index in [0.29, 0.717) is 22.6 Å². The van der Waals surface area contributed by atoms with Crippen LogP contribution in [0.15, 0.2) is 17.5 Å².